The third kappa shape index (κ3) is 1.61. The molecule has 5 rings (SSSR count). The molecule has 0 aromatic heterocycles. The lowest BCUT2D eigenvalue weighted by molar-refractivity contribution is -0.112. The van der Waals surface area contributed by atoms with Gasteiger partial charge in [-0.2, -0.15) is 0 Å². The van der Waals surface area contributed by atoms with Crippen molar-refractivity contribution in [3.8, 4) is 0 Å². The van der Waals surface area contributed by atoms with Crippen molar-refractivity contribution in [3.05, 3.63) is 0 Å². The minimum atomic E-state index is 0.834. The Balaban J connectivity index is 1.47. The van der Waals surface area contributed by atoms with Crippen molar-refractivity contribution in [1.29, 1.82) is 0 Å². The predicted molar refractivity (Wildman–Crippen MR) is 70.8 cm³/mol. The molecule has 0 aromatic rings. The minimum Gasteiger partial charge on any atom is -0.314 e. The Morgan fingerprint density at radius 3 is 1.88 bits per heavy atom. The molecule has 0 unspecified atom stereocenters. The van der Waals surface area contributed by atoms with Crippen LogP contribution in [0.25, 0.3) is 0 Å². The SMILES string of the molecule is CCNC1CC(C23CC4CC(CC(C4)C2)C3)C1. The van der Waals surface area contributed by atoms with Crippen molar-refractivity contribution >= 4 is 0 Å². The zero-order valence-electron chi connectivity index (χ0n) is 11.3. The first-order chi connectivity index (χ1) is 8.27. The van der Waals surface area contributed by atoms with Crippen LogP contribution in [-0.4, -0.2) is 12.6 Å². The van der Waals surface area contributed by atoms with Crippen molar-refractivity contribution in [2.75, 3.05) is 6.54 Å². The van der Waals surface area contributed by atoms with Gasteiger partial charge < -0.3 is 5.32 Å². The number of rotatable bonds is 3. The molecule has 96 valence electrons. The summed E-state index contributed by atoms with van der Waals surface area (Å²) in [5.74, 6) is 4.51. The Morgan fingerprint density at radius 2 is 1.41 bits per heavy atom. The Hall–Kier alpha value is -0.0400. The largest absolute Gasteiger partial charge is 0.314 e. The molecular formula is C16H27N. The highest BCUT2D eigenvalue weighted by Gasteiger charge is 2.56. The van der Waals surface area contributed by atoms with E-state index >= 15 is 0 Å². The van der Waals surface area contributed by atoms with Crippen LogP contribution in [0.1, 0.15) is 58.3 Å². The van der Waals surface area contributed by atoms with Crippen LogP contribution >= 0.6 is 0 Å². The molecule has 5 saturated carbocycles. The minimum absolute atomic E-state index is 0.834. The van der Waals surface area contributed by atoms with Crippen LogP contribution in [0.5, 0.6) is 0 Å². The number of nitrogens with one attached hydrogen (secondary N) is 1. The van der Waals surface area contributed by atoms with Gasteiger partial charge in [0.15, 0.2) is 0 Å². The van der Waals surface area contributed by atoms with Gasteiger partial charge in [0.25, 0.3) is 0 Å². The van der Waals surface area contributed by atoms with E-state index in [1.54, 1.807) is 38.5 Å². The van der Waals surface area contributed by atoms with Crippen LogP contribution in [0.3, 0.4) is 0 Å². The molecule has 0 aliphatic heterocycles. The molecule has 17 heavy (non-hydrogen) atoms. The van der Waals surface area contributed by atoms with Crippen molar-refractivity contribution in [2.45, 2.75) is 64.3 Å². The summed E-state index contributed by atoms with van der Waals surface area (Å²) in [6.45, 7) is 3.41. The summed E-state index contributed by atoms with van der Waals surface area (Å²) in [5, 5.41) is 3.64. The average molecular weight is 233 g/mol. The second-order valence-electron chi connectivity index (χ2n) is 7.70. The quantitative estimate of drug-likeness (QED) is 0.785. The van der Waals surface area contributed by atoms with Gasteiger partial charge in [0.1, 0.15) is 0 Å². The molecule has 5 aliphatic rings. The molecule has 0 saturated heterocycles. The predicted octanol–water partition coefficient (Wildman–Crippen LogP) is 3.59. The number of hydrogen-bond donors (Lipinski definition) is 1. The van der Waals surface area contributed by atoms with Gasteiger partial charge in [-0.25, -0.2) is 0 Å². The molecule has 1 heteroatoms. The standard InChI is InChI=1S/C16H27N/c1-2-17-15-6-14(7-15)16-8-11-3-12(9-16)5-13(4-11)10-16/h11-15,17H,2-10H2,1H3. The third-order valence-corrected chi connectivity index (χ3v) is 6.58. The molecule has 4 bridgehead atoms. The van der Waals surface area contributed by atoms with Crippen molar-refractivity contribution in [1.82, 2.24) is 5.32 Å². The fourth-order valence-corrected chi connectivity index (χ4v) is 6.25. The second-order valence-corrected chi connectivity index (χ2v) is 7.70. The number of hydrogen-bond acceptors (Lipinski definition) is 1. The van der Waals surface area contributed by atoms with Crippen LogP contribution in [0.2, 0.25) is 0 Å². The Morgan fingerprint density at radius 1 is 0.882 bits per heavy atom. The molecular weight excluding hydrogens is 206 g/mol. The van der Waals surface area contributed by atoms with Gasteiger partial charge in [-0.15, -0.1) is 0 Å². The maximum Gasteiger partial charge on any atom is 0.00726 e. The summed E-state index contributed by atoms with van der Waals surface area (Å²) in [4.78, 5) is 0. The summed E-state index contributed by atoms with van der Waals surface area (Å²) in [7, 11) is 0. The van der Waals surface area contributed by atoms with E-state index < -0.39 is 0 Å². The normalized spacial score (nSPS) is 55.9. The van der Waals surface area contributed by atoms with E-state index in [1.165, 1.54) is 12.8 Å². The molecule has 0 radical (unpaired) electrons. The lowest BCUT2D eigenvalue weighted by atomic mass is 9.43. The maximum atomic E-state index is 3.64. The third-order valence-electron chi connectivity index (χ3n) is 6.58. The van der Waals surface area contributed by atoms with Gasteiger partial charge in [0.05, 0.1) is 0 Å². The van der Waals surface area contributed by atoms with Gasteiger partial charge in [-0.05, 0) is 87.0 Å². The second kappa shape index (κ2) is 3.73. The van der Waals surface area contributed by atoms with Crippen LogP contribution in [0.4, 0.5) is 0 Å². The Labute approximate surface area is 106 Å². The van der Waals surface area contributed by atoms with Gasteiger partial charge in [0.2, 0.25) is 0 Å². The highest BCUT2D eigenvalue weighted by molar-refractivity contribution is 5.07. The molecule has 1 nitrogen and oxygen atoms in total. The monoisotopic (exact) mass is 233 g/mol. The van der Waals surface area contributed by atoms with Crippen LogP contribution in [0, 0.1) is 29.1 Å². The molecule has 0 heterocycles. The summed E-state index contributed by atoms with van der Waals surface area (Å²) in [6, 6.07) is 0.873. The summed E-state index contributed by atoms with van der Waals surface area (Å²) in [5.41, 5.74) is 0.834. The average Bonchev–Trinajstić information content (AvgIpc) is 2.20. The van der Waals surface area contributed by atoms with Crippen molar-refractivity contribution in [2.24, 2.45) is 29.1 Å². The molecule has 5 aliphatic carbocycles. The highest BCUT2D eigenvalue weighted by atomic mass is 14.9. The van der Waals surface area contributed by atoms with Crippen LogP contribution in [0.15, 0.2) is 0 Å². The fourth-order valence-electron chi connectivity index (χ4n) is 6.25. The van der Waals surface area contributed by atoms with E-state index in [2.05, 4.69) is 12.2 Å². The van der Waals surface area contributed by atoms with Gasteiger partial charge in [-0.3, -0.25) is 0 Å². The summed E-state index contributed by atoms with van der Waals surface area (Å²) < 4.78 is 0. The van der Waals surface area contributed by atoms with Crippen molar-refractivity contribution < 1.29 is 0 Å². The van der Waals surface area contributed by atoms with E-state index in [1.807, 2.05) is 0 Å². The first-order valence-electron chi connectivity index (χ1n) is 8.01. The molecule has 1 N–H and O–H groups in total. The highest BCUT2D eigenvalue weighted by Crippen LogP contribution is 2.65. The summed E-state index contributed by atoms with van der Waals surface area (Å²) in [6.07, 6.45) is 12.6. The van der Waals surface area contributed by atoms with Crippen LogP contribution < -0.4 is 5.32 Å². The van der Waals surface area contributed by atoms with E-state index in [4.69, 9.17) is 0 Å². The van der Waals surface area contributed by atoms with Gasteiger partial charge in [0, 0.05) is 6.04 Å². The first-order valence-corrected chi connectivity index (χ1v) is 8.01. The van der Waals surface area contributed by atoms with E-state index in [9.17, 15) is 0 Å². The molecule has 0 amide bonds. The Bertz CT molecular complexity index is 267. The Kier molecular flexibility index (Phi) is 2.38. The van der Waals surface area contributed by atoms with E-state index in [0.717, 1.165) is 41.7 Å². The molecule has 5 fully saturated rings. The lowest BCUT2D eigenvalue weighted by Gasteiger charge is -2.62. The van der Waals surface area contributed by atoms with Gasteiger partial charge >= 0.3 is 0 Å². The molecule has 0 atom stereocenters. The van der Waals surface area contributed by atoms with Crippen LogP contribution in [-0.2, 0) is 0 Å². The summed E-state index contributed by atoms with van der Waals surface area (Å²) >= 11 is 0. The van der Waals surface area contributed by atoms with E-state index in [-0.39, 0.29) is 0 Å². The molecule has 0 aromatic carbocycles. The first kappa shape index (κ1) is 10.8. The topological polar surface area (TPSA) is 12.0 Å². The lowest BCUT2D eigenvalue weighted by Crippen LogP contribution is -2.55. The maximum absolute atomic E-state index is 3.64. The van der Waals surface area contributed by atoms with E-state index in [0.29, 0.717) is 0 Å². The molecule has 0 spiro atoms. The fraction of sp³-hybridized carbons (Fsp3) is 1.00. The van der Waals surface area contributed by atoms with Crippen molar-refractivity contribution in [3.63, 3.8) is 0 Å². The zero-order valence-corrected chi connectivity index (χ0v) is 11.3. The smallest absolute Gasteiger partial charge is 0.00726 e. The van der Waals surface area contributed by atoms with Gasteiger partial charge in [-0.1, -0.05) is 6.92 Å². The zero-order chi connectivity index (χ0) is 11.5.